The predicted molar refractivity (Wildman–Crippen MR) is 126 cm³/mol. The second-order valence-electron chi connectivity index (χ2n) is 9.43. The highest BCUT2D eigenvalue weighted by Gasteiger charge is 2.39. The molecular formula is C26H29N3O6. The molecular weight excluding hydrogens is 450 g/mol. The maximum atomic E-state index is 12.9. The van der Waals surface area contributed by atoms with Crippen molar-refractivity contribution >= 4 is 17.7 Å². The van der Waals surface area contributed by atoms with Crippen LogP contribution >= 0.6 is 0 Å². The van der Waals surface area contributed by atoms with Gasteiger partial charge in [0, 0.05) is 36.7 Å². The summed E-state index contributed by atoms with van der Waals surface area (Å²) in [6, 6.07) is 9.89. The van der Waals surface area contributed by atoms with Crippen LogP contribution in [-0.2, 0) is 22.7 Å². The van der Waals surface area contributed by atoms with E-state index in [0.29, 0.717) is 43.0 Å². The number of para-hydroxylation sites is 1. The molecule has 3 N–H and O–H groups in total. The van der Waals surface area contributed by atoms with Crippen LogP contribution in [0.5, 0.6) is 17.2 Å². The molecule has 35 heavy (non-hydrogen) atoms. The molecule has 3 aliphatic heterocycles. The van der Waals surface area contributed by atoms with Crippen molar-refractivity contribution in [3.05, 3.63) is 53.1 Å². The van der Waals surface area contributed by atoms with Gasteiger partial charge in [-0.05, 0) is 55.6 Å². The Morgan fingerprint density at radius 2 is 1.91 bits per heavy atom. The van der Waals surface area contributed by atoms with Gasteiger partial charge in [0.25, 0.3) is 5.91 Å². The molecule has 5 rings (SSSR count). The number of rotatable bonds is 6. The highest BCUT2D eigenvalue weighted by Crippen LogP contribution is 2.32. The smallest absolute Gasteiger partial charge is 0.255 e. The van der Waals surface area contributed by atoms with Crippen molar-refractivity contribution in [3.63, 3.8) is 0 Å². The van der Waals surface area contributed by atoms with Crippen molar-refractivity contribution in [2.75, 3.05) is 13.2 Å². The summed E-state index contributed by atoms with van der Waals surface area (Å²) in [7, 11) is 0. The number of aromatic hydroxyl groups is 2. The topological polar surface area (TPSA) is 119 Å². The largest absolute Gasteiger partial charge is 0.504 e. The summed E-state index contributed by atoms with van der Waals surface area (Å²) in [5.74, 6) is -0.470. The number of fused-ring (bicyclic) bond motifs is 1. The molecule has 2 fully saturated rings. The monoisotopic (exact) mass is 479 g/mol. The summed E-state index contributed by atoms with van der Waals surface area (Å²) >= 11 is 0. The third-order valence-electron chi connectivity index (χ3n) is 7.16. The van der Waals surface area contributed by atoms with Crippen molar-refractivity contribution in [3.8, 4) is 17.2 Å². The number of nitrogens with one attached hydrogen (secondary N) is 1. The lowest BCUT2D eigenvalue weighted by Crippen LogP contribution is -2.52. The molecule has 0 spiro atoms. The van der Waals surface area contributed by atoms with Gasteiger partial charge in [0.15, 0.2) is 11.5 Å². The van der Waals surface area contributed by atoms with Gasteiger partial charge in [0.2, 0.25) is 11.8 Å². The van der Waals surface area contributed by atoms with Crippen molar-refractivity contribution in [1.29, 1.82) is 0 Å². The van der Waals surface area contributed by atoms with Gasteiger partial charge in [-0.1, -0.05) is 18.6 Å². The number of piperidine rings is 2. The molecule has 3 aliphatic rings. The van der Waals surface area contributed by atoms with Gasteiger partial charge in [0.05, 0.1) is 0 Å². The maximum Gasteiger partial charge on any atom is 0.255 e. The fourth-order valence-electron chi connectivity index (χ4n) is 5.21. The zero-order valence-electron chi connectivity index (χ0n) is 19.4. The van der Waals surface area contributed by atoms with Crippen molar-refractivity contribution in [1.82, 2.24) is 15.1 Å². The summed E-state index contributed by atoms with van der Waals surface area (Å²) in [6.45, 7) is 2.17. The van der Waals surface area contributed by atoms with Crippen LogP contribution in [0.3, 0.4) is 0 Å². The van der Waals surface area contributed by atoms with Crippen LogP contribution < -0.4 is 10.1 Å². The normalized spacial score (nSPS) is 22.7. The SMILES string of the molecule is O=C1CCC(N2Cc3cc(OCC4CCCCN4Cc4cccc(O)c4O)ccc3C2=O)C(=O)N1. The van der Waals surface area contributed by atoms with Crippen LogP contribution in [0.25, 0.3) is 0 Å². The summed E-state index contributed by atoms with van der Waals surface area (Å²) in [5.41, 5.74) is 2.05. The minimum absolute atomic E-state index is 0.0819. The molecule has 0 saturated carbocycles. The second kappa shape index (κ2) is 9.58. The first-order valence-corrected chi connectivity index (χ1v) is 12.0. The van der Waals surface area contributed by atoms with Gasteiger partial charge in [0.1, 0.15) is 18.4 Å². The maximum absolute atomic E-state index is 12.9. The number of nitrogens with zero attached hydrogens (tertiary/aromatic N) is 2. The Morgan fingerprint density at radius 1 is 1.06 bits per heavy atom. The number of carbonyl (C=O) groups is 3. The zero-order valence-corrected chi connectivity index (χ0v) is 19.4. The first kappa shape index (κ1) is 23.2. The molecule has 2 unspecified atom stereocenters. The highest BCUT2D eigenvalue weighted by atomic mass is 16.5. The summed E-state index contributed by atoms with van der Waals surface area (Å²) in [6.07, 6.45) is 3.68. The fraction of sp³-hybridized carbons (Fsp3) is 0.423. The molecule has 9 heteroatoms. The lowest BCUT2D eigenvalue weighted by atomic mass is 10.0. The zero-order chi connectivity index (χ0) is 24.5. The van der Waals surface area contributed by atoms with Gasteiger partial charge in [-0.25, -0.2) is 0 Å². The highest BCUT2D eigenvalue weighted by molar-refractivity contribution is 6.05. The van der Waals surface area contributed by atoms with Gasteiger partial charge in [-0.15, -0.1) is 0 Å². The summed E-state index contributed by atoms with van der Waals surface area (Å²) in [4.78, 5) is 40.4. The number of benzene rings is 2. The number of hydrogen-bond donors (Lipinski definition) is 3. The standard InChI is InChI=1S/C26H29N3O6/c30-22-6-3-4-16(24(22)32)13-28-11-2-1-5-18(28)15-35-19-7-8-20-17(12-19)14-29(26(20)34)21-9-10-23(31)27-25(21)33/h3-4,6-8,12,18,21,30,32H,1-2,5,9-11,13-15H2,(H,27,31,33). The van der Waals surface area contributed by atoms with Gasteiger partial charge >= 0.3 is 0 Å². The van der Waals surface area contributed by atoms with Crippen LogP contribution in [0.15, 0.2) is 36.4 Å². The molecule has 0 aromatic heterocycles. The minimum atomic E-state index is -0.637. The third-order valence-corrected chi connectivity index (χ3v) is 7.16. The van der Waals surface area contributed by atoms with E-state index in [1.165, 1.54) is 11.0 Å². The Bertz CT molecular complexity index is 1170. The molecule has 2 aromatic carbocycles. The third kappa shape index (κ3) is 4.68. The Balaban J connectivity index is 1.24. The fourth-order valence-corrected chi connectivity index (χ4v) is 5.21. The van der Waals surface area contributed by atoms with E-state index in [1.54, 1.807) is 18.2 Å². The Morgan fingerprint density at radius 3 is 2.74 bits per heavy atom. The molecule has 2 aromatic rings. The Labute approximate surface area is 203 Å². The molecule has 9 nitrogen and oxygen atoms in total. The van der Waals surface area contributed by atoms with Crippen LogP contribution in [0.4, 0.5) is 0 Å². The molecule has 3 amide bonds. The van der Waals surface area contributed by atoms with E-state index in [-0.39, 0.29) is 35.8 Å². The molecule has 0 bridgehead atoms. The van der Waals surface area contributed by atoms with Crippen molar-refractivity contribution < 1.29 is 29.3 Å². The van der Waals surface area contributed by atoms with Crippen LogP contribution in [-0.4, -0.2) is 63.0 Å². The molecule has 0 radical (unpaired) electrons. The van der Waals surface area contributed by atoms with Crippen LogP contribution in [0, 0.1) is 0 Å². The molecule has 3 heterocycles. The van der Waals surface area contributed by atoms with E-state index in [1.807, 2.05) is 12.1 Å². The van der Waals surface area contributed by atoms with Crippen molar-refractivity contribution in [2.24, 2.45) is 0 Å². The first-order valence-electron chi connectivity index (χ1n) is 12.0. The lowest BCUT2D eigenvalue weighted by Gasteiger charge is -2.35. The Kier molecular flexibility index (Phi) is 6.34. The quantitative estimate of drug-likeness (QED) is 0.430. The second-order valence-corrected chi connectivity index (χ2v) is 9.43. The number of hydrogen-bond acceptors (Lipinski definition) is 7. The number of phenols is 2. The summed E-state index contributed by atoms with van der Waals surface area (Å²) in [5, 5.41) is 22.3. The van der Waals surface area contributed by atoms with Gasteiger partial charge in [-0.2, -0.15) is 0 Å². The number of carbonyl (C=O) groups excluding carboxylic acids is 3. The van der Waals surface area contributed by atoms with E-state index >= 15 is 0 Å². The van der Waals surface area contributed by atoms with Crippen LogP contribution in [0.1, 0.15) is 53.6 Å². The minimum Gasteiger partial charge on any atom is -0.504 e. The number of amides is 3. The molecule has 2 atom stereocenters. The number of likely N-dealkylation sites (tertiary alicyclic amines) is 1. The van der Waals surface area contributed by atoms with Gasteiger partial charge < -0.3 is 19.8 Å². The van der Waals surface area contributed by atoms with Crippen molar-refractivity contribution in [2.45, 2.75) is 57.3 Å². The van der Waals surface area contributed by atoms with E-state index in [9.17, 15) is 24.6 Å². The first-order chi connectivity index (χ1) is 16.9. The average Bonchev–Trinajstić information content (AvgIpc) is 3.17. The molecule has 2 saturated heterocycles. The summed E-state index contributed by atoms with van der Waals surface area (Å²) < 4.78 is 6.14. The Hall–Kier alpha value is -3.59. The average molecular weight is 480 g/mol. The molecule has 184 valence electrons. The number of imide groups is 1. The lowest BCUT2D eigenvalue weighted by molar-refractivity contribution is -0.136. The number of phenolic OH excluding ortho intramolecular Hbond substituents is 2. The molecule has 0 aliphatic carbocycles. The predicted octanol–water partition coefficient (Wildman–Crippen LogP) is 2.29. The van der Waals surface area contributed by atoms with Crippen LogP contribution in [0.2, 0.25) is 0 Å². The number of ether oxygens (including phenoxy) is 1. The van der Waals surface area contributed by atoms with E-state index in [2.05, 4.69) is 10.2 Å². The van der Waals surface area contributed by atoms with E-state index in [4.69, 9.17) is 4.74 Å². The van der Waals surface area contributed by atoms with Gasteiger partial charge in [-0.3, -0.25) is 24.6 Å². The van der Waals surface area contributed by atoms with E-state index < -0.39 is 11.9 Å². The van der Waals surface area contributed by atoms with E-state index in [0.717, 1.165) is 31.4 Å².